The Labute approximate surface area is 199 Å². The minimum absolute atomic E-state index is 0.261. The topological polar surface area (TPSA) is 52.6 Å². The van der Waals surface area contributed by atoms with Crippen molar-refractivity contribution >= 4 is 11.9 Å². The van der Waals surface area contributed by atoms with Crippen LogP contribution in [0.4, 0.5) is 0 Å². The third kappa shape index (κ3) is 26.5. The first-order valence-electron chi connectivity index (χ1n) is 13.0. The Hall–Kier alpha value is -1.58. The molecule has 0 saturated carbocycles. The Bertz CT molecular complexity index is 438. The predicted molar refractivity (Wildman–Crippen MR) is 137 cm³/mol. The third-order valence-corrected chi connectivity index (χ3v) is 5.16. The molecule has 4 heteroatoms. The lowest BCUT2D eigenvalue weighted by Crippen LogP contribution is -2.05. The Morgan fingerprint density at radius 1 is 0.500 bits per heavy atom. The molecule has 0 atom stereocenters. The number of carbonyl (C=O) groups is 2. The van der Waals surface area contributed by atoms with Crippen molar-refractivity contribution in [1.82, 2.24) is 0 Å². The lowest BCUT2D eigenvalue weighted by Gasteiger charge is -2.04. The summed E-state index contributed by atoms with van der Waals surface area (Å²) in [5.74, 6) is -0.522. The smallest absolute Gasteiger partial charge is 0.333 e. The van der Waals surface area contributed by atoms with Gasteiger partial charge >= 0.3 is 11.9 Å². The fraction of sp³-hybridized carbons (Fsp3) is 0.786. The molecule has 0 spiro atoms. The summed E-state index contributed by atoms with van der Waals surface area (Å²) in [6, 6.07) is 0. The fourth-order valence-electron chi connectivity index (χ4n) is 3.05. The summed E-state index contributed by atoms with van der Waals surface area (Å²) in [4.78, 5) is 22.1. The Morgan fingerprint density at radius 2 is 0.750 bits per heavy atom. The van der Waals surface area contributed by atoms with Crippen molar-refractivity contribution in [3.8, 4) is 0 Å². The lowest BCUT2D eigenvalue weighted by atomic mass is 10.1. The van der Waals surface area contributed by atoms with Gasteiger partial charge in [0.2, 0.25) is 0 Å². The quantitative estimate of drug-likeness (QED) is 0.105. The zero-order chi connectivity index (χ0) is 24.5. The van der Waals surface area contributed by atoms with Crippen LogP contribution < -0.4 is 0 Å². The third-order valence-electron chi connectivity index (χ3n) is 5.16. The number of ether oxygens (including phenoxy) is 2. The second kappa shape index (κ2) is 25.7. The summed E-state index contributed by atoms with van der Waals surface area (Å²) in [6.07, 6.45) is 20.2. The van der Waals surface area contributed by atoms with Gasteiger partial charge < -0.3 is 9.47 Å². The molecule has 0 N–H and O–H groups in total. The van der Waals surface area contributed by atoms with E-state index in [0.717, 1.165) is 25.7 Å². The summed E-state index contributed by atoms with van der Waals surface area (Å²) < 4.78 is 10.0. The van der Waals surface area contributed by atoms with Crippen LogP contribution in [0.3, 0.4) is 0 Å². The van der Waals surface area contributed by atoms with E-state index in [1.165, 1.54) is 77.0 Å². The molecule has 0 aliphatic carbocycles. The SMILES string of the molecule is C=C(C)C(=O)OCCCCCCCCCC.C=C(C)C(=O)OCCCCCCCCCC. The molecule has 0 aliphatic rings. The van der Waals surface area contributed by atoms with Gasteiger partial charge in [0.15, 0.2) is 0 Å². The predicted octanol–water partition coefficient (Wildman–Crippen LogP) is 8.49. The highest BCUT2D eigenvalue weighted by atomic mass is 16.5. The van der Waals surface area contributed by atoms with Crippen LogP contribution >= 0.6 is 0 Å². The average Bonchev–Trinajstić information content (AvgIpc) is 2.76. The molecule has 0 heterocycles. The second-order valence-corrected chi connectivity index (χ2v) is 8.78. The van der Waals surface area contributed by atoms with Gasteiger partial charge in [0.1, 0.15) is 0 Å². The van der Waals surface area contributed by atoms with E-state index >= 15 is 0 Å². The molecule has 0 radical (unpaired) electrons. The van der Waals surface area contributed by atoms with Gasteiger partial charge in [0, 0.05) is 11.1 Å². The van der Waals surface area contributed by atoms with Gasteiger partial charge in [0.05, 0.1) is 13.2 Å². The average molecular weight is 453 g/mol. The summed E-state index contributed by atoms with van der Waals surface area (Å²) >= 11 is 0. The standard InChI is InChI=1S/2C14H26O2/c2*1-4-5-6-7-8-9-10-11-12-16-14(15)13(2)3/h2*2,4-12H2,1,3H3. The van der Waals surface area contributed by atoms with Gasteiger partial charge in [-0.15, -0.1) is 0 Å². The van der Waals surface area contributed by atoms with Gasteiger partial charge in [-0.1, -0.05) is 117 Å². The molecule has 4 nitrogen and oxygen atoms in total. The summed E-state index contributed by atoms with van der Waals surface area (Å²) in [5.41, 5.74) is 0.971. The van der Waals surface area contributed by atoms with Gasteiger partial charge in [0.25, 0.3) is 0 Å². The van der Waals surface area contributed by atoms with Gasteiger partial charge in [-0.3, -0.25) is 0 Å². The second-order valence-electron chi connectivity index (χ2n) is 8.78. The van der Waals surface area contributed by atoms with E-state index in [0.29, 0.717) is 24.4 Å². The Morgan fingerprint density at radius 3 is 1.00 bits per heavy atom. The van der Waals surface area contributed by atoms with E-state index < -0.39 is 0 Å². The number of unbranched alkanes of at least 4 members (excludes halogenated alkanes) is 14. The van der Waals surface area contributed by atoms with Crippen molar-refractivity contribution < 1.29 is 19.1 Å². The largest absolute Gasteiger partial charge is 0.462 e. The van der Waals surface area contributed by atoms with Crippen molar-refractivity contribution in [2.45, 2.75) is 130 Å². The van der Waals surface area contributed by atoms with Crippen molar-refractivity contribution in [3.63, 3.8) is 0 Å². The van der Waals surface area contributed by atoms with Crippen LogP contribution in [0, 0.1) is 0 Å². The molecule has 0 aliphatic heterocycles. The molecule has 188 valence electrons. The minimum Gasteiger partial charge on any atom is -0.462 e. The van der Waals surface area contributed by atoms with E-state index in [9.17, 15) is 9.59 Å². The molecular formula is C28H52O4. The molecule has 0 fully saturated rings. The van der Waals surface area contributed by atoms with E-state index in [4.69, 9.17) is 9.47 Å². The number of esters is 2. The van der Waals surface area contributed by atoms with Crippen LogP contribution in [-0.4, -0.2) is 25.2 Å². The first-order valence-corrected chi connectivity index (χ1v) is 13.0. The summed E-state index contributed by atoms with van der Waals surface area (Å²) in [7, 11) is 0. The van der Waals surface area contributed by atoms with Gasteiger partial charge in [-0.2, -0.15) is 0 Å². The Kier molecular flexibility index (Phi) is 26.2. The number of hydrogen-bond acceptors (Lipinski definition) is 4. The molecular weight excluding hydrogens is 400 g/mol. The molecule has 0 saturated heterocycles. The number of carbonyl (C=O) groups excluding carboxylic acids is 2. The highest BCUT2D eigenvalue weighted by Gasteiger charge is 2.02. The van der Waals surface area contributed by atoms with E-state index in [2.05, 4.69) is 27.0 Å². The van der Waals surface area contributed by atoms with Crippen LogP contribution in [0.5, 0.6) is 0 Å². The molecule has 0 aromatic carbocycles. The summed E-state index contributed by atoms with van der Waals surface area (Å²) in [6.45, 7) is 16.0. The van der Waals surface area contributed by atoms with Crippen LogP contribution in [0.2, 0.25) is 0 Å². The van der Waals surface area contributed by atoms with Crippen LogP contribution in [0.25, 0.3) is 0 Å². The first kappa shape index (κ1) is 32.6. The highest BCUT2D eigenvalue weighted by Crippen LogP contribution is 2.09. The van der Waals surface area contributed by atoms with E-state index in [1.54, 1.807) is 13.8 Å². The van der Waals surface area contributed by atoms with Gasteiger partial charge in [-0.05, 0) is 26.7 Å². The molecule has 0 bridgehead atoms. The molecule has 0 amide bonds. The molecule has 0 rings (SSSR count). The highest BCUT2D eigenvalue weighted by molar-refractivity contribution is 5.87. The number of hydrogen-bond donors (Lipinski definition) is 0. The van der Waals surface area contributed by atoms with E-state index in [-0.39, 0.29) is 11.9 Å². The maximum atomic E-state index is 11.0. The molecule has 0 aromatic heterocycles. The lowest BCUT2D eigenvalue weighted by molar-refractivity contribution is -0.139. The van der Waals surface area contributed by atoms with Crippen molar-refractivity contribution in [2.24, 2.45) is 0 Å². The maximum absolute atomic E-state index is 11.0. The van der Waals surface area contributed by atoms with E-state index in [1.807, 2.05) is 0 Å². The van der Waals surface area contributed by atoms with Crippen LogP contribution in [-0.2, 0) is 19.1 Å². The monoisotopic (exact) mass is 452 g/mol. The van der Waals surface area contributed by atoms with Crippen LogP contribution in [0.1, 0.15) is 130 Å². The summed E-state index contributed by atoms with van der Waals surface area (Å²) in [5, 5.41) is 0. The van der Waals surface area contributed by atoms with Crippen molar-refractivity contribution in [2.75, 3.05) is 13.2 Å². The number of rotatable bonds is 20. The zero-order valence-electron chi connectivity index (χ0n) is 21.8. The first-order chi connectivity index (χ1) is 15.4. The maximum Gasteiger partial charge on any atom is 0.333 e. The van der Waals surface area contributed by atoms with Crippen molar-refractivity contribution in [3.05, 3.63) is 24.3 Å². The molecule has 0 aromatic rings. The molecule has 32 heavy (non-hydrogen) atoms. The zero-order valence-corrected chi connectivity index (χ0v) is 21.8. The van der Waals surface area contributed by atoms with Crippen molar-refractivity contribution in [1.29, 1.82) is 0 Å². The normalized spacial score (nSPS) is 10.1. The Balaban J connectivity index is 0. The fourth-order valence-corrected chi connectivity index (χ4v) is 3.05. The van der Waals surface area contributed by atoms with Crippen LogP contribution in [0.15, 0.2) is 24.3 Å². The molecule has 0 unspecified atom stereocenters. The minimum atomic E-state index is -0.261. The van der Waals surface area contributed by atoms with Gasteiger partial charge in [-0.25, -0.2) is 9.59 Å².